The second kappa shape index (κ2) is 3.46. The van der Waals surface area contributed by atoms with Crippen molar-refractivity contribution in [2.45, 2.75) is 26.7 Å². The van der Waals surface area contributed by atoms with E-state index in [1.807, 2.05) is 11.4 Å². The van der Waals surface area contributed by atoms with Crippen molar-refractivity contribution in [3.8, 4) is 0 Å². The molecule has 2 rings (SSSR count). The van der Waals surface area contributed by atoms with Crippen LogP contribution in [0.5, 0.6) is 0 Å². The fourth-order valence-electron chi connectivity index (χ4n) is 1.76. The lowest BCUT2D eigenvalue weighted by Crippen LogP contribution is -2.08. The van der Waals surface area contributed by atoms with Gasteiger partial charge in [0, 0.05) is 27.1 Å². The summed E-state index contributed by atoms with van der Waals surface area (Å²) in [6.07, 6.45) is 1.68. The smallest absolute Gasteiger partial charge is 0.141 e. The van der Waals surface area contributed by atoms with Crippen LogP contribution in [-0.2, 0) is 11.2 Å². The van der Waals surface area contributed by atoms with E-state index in [2.05, 4.69) is 29.8 Å². The van der Waals surface area contributed by atoms with Crippen molar-refractivity contribution in [1.82, 2.24) is 0 Å². The van der Waals surface area contributed by atoms with Crippen molar-refractivity contribution in [3.63, 3.8) is 0 Å². The minimum Gasteiger partial charge on any atom is -0.299 e. The maximum atomic E-state index is 11.8. The standard InChI is InChI=1S/C11H13BrOS/c1-11(2)5-9(11)10(13)4-8-3-7(12)6-14-8/h3,6,9H,4-5H2,1-2H3. The van der Waals surface area contributed by atoms with Gasteiger partial charge in [0.15, 0.2) is 0 Å². The van der Waals surface area contributed by atoms with Gasteiger partial charge in [-0.25, -0.2) is 0 Å². The minimum absolute atomic E-state index is 0.269. The maximum absolute atomic E-state index is 11.8. The molecule has 0 radical (unpaired) electrons. The number of rotatable bonds is 3. The number of ketones is 1. The Kier molecular flexibility index (Phi) is 2.56. The van der Waals surface area contributed by atoms with E-state index in [-0.39, 0.29) is 5.41 Å². The number of halogens is 1. The zero-order chi connectivity index (χ0) is 10.3. The Labute approximate surface area is 96.6 Å². The van der Waals surface area contributed by atoms with Gasteiger partial charge in [-0.2, -0.15) is 0 Å². The number of thiophene rings is 1. The summed E-state index contributed by atoms with van der Waals surface area (Å²) in [4.78, 5) is 13.0. The first-order valence-electron chi connectivity index (χ1n) is 4.75. The van der Waals surface area contributed by atoms with E-state index in [0.29, 0.717) is 18.1 Å². The molecule has 1 aromatic rings. The van der Waals surface area contributed by atoms with E-state index in [1.165, 1.54) is 4.88 Å². The van der Waals surface area contributed by atoms with Crippen molar-refractivity contribution in [2.75, 3.05) is 0 Å². The molecule has 3 heteroatoms. The van der Waals surface area contributed by atoms with Crippen molar-refractivity contribution in [1.29, 1.82) is 0 Å². The number of carbonyl (C=O) groups excluding carboxylic acids is 1. The molecule has 1 fully saturated rings. The van der Waals surface area contributed by atoms with Crippen molar-refractivity contribution in [3.05, 3.63) is 20.8 Å². The largest absolute Gasteiger partial charge is 0.299 e. The molecule has 0 amide bonds. The summed E-state index contributed by atoms with van der Waals surface area (Å²) in [5.74, 6) is 0.715. The topological polar surface area (TPSA) is 17.1 Å². The first kappa shape index (κ1) is 10.4. The molecule has 1 heterocycles. The quantitative estimate of drug-likeness (QED) is 0.821. The Morgan fingerprint density at radius 3 is 2.79 bits per heavy atom. The molecule has 1 nitrogen and oxygen atoms in total. The second-order valence-corrected chi connectivity index (χ2v) is 6.53. The maximum Gasteiger partial charge on any atom is 0.141 e. The SMILES string of the molecule is CC1(C)CC1C(=O)Cc1cc(Br)cs1. The summed E-state index contributed by atoms with van der Waals surface area (Å²) in [5, 5.41) is 2.03. The molecule has 0 bridgehead atoms. The summed E-state index contributed by atoms with van der Waals surface area (Å²) < 4.78 is 1.08. The fourth-order valence-corrected chi connectivity index (χ4v) is 3.22. The molecular weight excluding hydrogens is 260 g/mol. The molecule has 14 heavy (non-hydrogen) atoms. The first-order valence-corrected chi connectivity index (χ1v) is 6.42. The van der Waals surface area contributed by atoms with Crippen LogP contribution >= 0.6 is 27.3 Å². The Morgan fingerprint density at radius 2 is 2.36 bits per heavy atom. The van der Waals surface area contributed by atoms with Crippen LogP contribution in [-0.4, -0.2) is 5.78 Å². The molecular formula is C11H13BrOS. The molecule has 0 saturated heterocycles. The third-order valence-electron chi connectivity index (χ3n) is 2.87. The molecule has 0 spiro atoms. The summed E-state index contributed by atoms with van der Waals surface area (Å²) >= 11 is 5.05. The lowest BCUT2D eigenvalue weighted by Gasteiger charge is -2.00. The van der Waals surface area contributed by atoms with Crippen LogP contribution < -0.4 is 0 Å². The molecule has 0 N–H and O–H groups in total. The van der Waals surface area contributed by atoms with Gasteiger partial charge in [0.2, 0.25) is 0 Å². The van der Waals surface area contributed by atoms with Crippen LogP contribution in [0.3, 0.4) is 0 Å². The molecule has 1 atom stereocenters. The van der Waals surface area contributed by atoms with Gasteiger partial charge in [-0.05, 0) is 33.8 Å². The average Bonchev–Trinajstić information content (AvgIpc) is 2.51. The van der Waals surface area contributed by atoms with Crippen LogP contribution in [0.15, 0.2) is 15.9 Å². The molecule has 1 saturated carbocycles. The van der Waals surface area contributed by atoms with Gasteiger partial charge >= 0.3 is 0 Å². The van der Waals surface area contributed by atoms with Crippen LogP contribution in [0.1, 0.15) is 25.1 Å². The van der Waals surface area contributed by atoms with Crippen molar-refractivity contribution < 1.29 is 4.79 Å². The van der Waals surface area contributed by atoms with Crippen LogP contribution in [0.2, 0.25) is 0 Å². The van der Waals surface area contributed by atoms with E-state index >= 15 is 0 Å². The van der Waals surface area contributed by atoms with E-state index in [4.69, 9.17) is 0 Å². The summed E-state index contributed by atoms with van der Waals surface area (Å²) in [6, 6.07) is 2.04. The molecule has 1 aliphatic carbocycles. The van der Waals surface area contributed by atoms with Crippen LogP contribution in [0.4, 0.5) is 0 Å². The highest BCUT2D eigenvalue weighted by Crippen LogP contribution is 2.52. The fraction of sp³-hybridized carbons (Fsp3) is 0.545. The number of Topliss-reactive ketones (excluding diaryl/α,β-unsaturated/α-hetero) is 1. The lowest BCUT2D eigenvalue weighted by atomic mass is 10.0. The van der Waals surface area contributed by atoms with E-state index in [0.717, 1.165) is 10.9 Å². The lowest BCUT2D eigenvalue weighted by molar-refractivity contribution is -0.120. The van der Waals surface area contributed by atoms with Crippen molar-refractivity contribution >= 4 is 33.0 Å². The normalized spacial score (nSPS) is 23.5. The third-order valence-corrected chi connectivity index (χ3v) is 4.57. The van der Waals surface area contributed by atoms with E-state index < -0.39 is 0 Å². The Hall–Kier alpha value is -0.150. The molecule has 76 valence electrons. The monoisotopic (exact) mass is 272 g/mol. The highest BCUT2D eigenvalue weighted by Gasteiger charge is 2.49. The predicted octanol–water partition coefficient (Wildman–Crippen LogP) is 3.67. The van der Waals surface area contributed by atoms with Gasteiger partial charge in [0.25, 0.3) is 0 Å². The zero-order valence-electron chi connectivity index (χ0n) is 8.34. The van der Waals surface area contributed by atoms with Crippen LogP contribution in [0.25, 0.3) is 0 Å². The average molecular weight is 273 g/mol. The van der Waals surface area contributed by atoms with Gasteiger partial charge in [0.1, 0.15) is 5.78 Å². The highest BCUT2D eigenvalue weighted by molar-refractivity contribution is 9.10. The summed E-state index contributed by atoms with van der Waals surface area (Å²) in [6.45, 7) is 4.33. The number of hydrogen-bond donors (Lipinski definition) is 0. The van der Waals surface area contributed by atoms with E-state index in [1.54, 1.807) is 11.3 Å². The summed E-state index contributed by atoms with van der Waals surface area (Å²) in [7, 11) is 0. The Balaban J connectivity index is 1.96. The molecule has 1 unspecified atom stereocenters. The van der Waals surface area contributed by atoms with Gasteiger partial charge in [-0.15, -0.1) is 11.3 Å². The van der Waals surface area contributed by atoms with Gasteiger partial charge in [-0.1, -0.05) is 13.8 Å². The Bertz CT molecular complexity index is 367. The van der Waals surface area contributed by atoms with Crippen LogP contribution in [0, 0.1) is 11.3 Å². The van der Waals surface area contributed by atoms with Gasteiger partial charge in [-0.3, -0.25) is 4.79 Å². The van der Waals surface area contributed by atoms with Crippen molar-refractivity contribution in [2.24, 2.45) is 11.3 Å². The van der Waals surface area contributed by atoms with E-state index in [9.17, 15) is 4.79 Å². The molecule has 0 aromatic carbocycles. The number of hydrogen-bond acceptors (Lipinski definition) is 2. The first-order chi connectivity index (χ1) is 6.49. The van der Waals surface area contributed by atoms with Gasteiger partial charge < -0.3 is 0 Å². The molecule has 1 aromatic heterocycles. The summed E-state index contributed by atoms with van der Waals surface area (Å²) in [5.41, 5.74) is 0.269. The zero-order valence-corrected chi connectivity index (χ0v) is 10.7. The Morgan fingerprint density at radius 1 is 1.71 bits per heavy atom. The second-order valence-electron chi connectivity index (χ2n) is 4.62. The number of carbonyl (C=O) groups is 1. The highest BCUT2D eigenvalue weighted by atomic mass is 79.9. The van der Waals surface area contributed by atoms with Gasteiger partial charge in [0.05, 0.1) is 0 Å². The predicted molar refractivity (Wildman–Crippen MR) is 62.6 cm³/mol. The minimum atomic E-state index is 0.269. The molecule has 1 aliphatic rings. The molecule has 0 aliphatic heterocycles. The third kappa shape index (κ3) is 2.09.